The summed E-state index contributed by atoms with van der Waals surface area (Å²) in [6.45, 7) is 10.9. The normalized spacial score (nSPS) is 14.9. The summed E-state index contributed by atoms with van der Waals surface area (Å²) in [7, 11) is 4.93. The Balaban J connectivity index is 1.57. The second-order valence-corrected chi connectivity index (χ2v) is 8.93. The van der Waals surface area contributed by atoms with Crippen molar-refractivity contribution in [3.05, 3.63) is 48.3 Å². The fourth-order valence-electron chi connectivity index (χ4n) is 4.70. The molecule has 0 amide bonds. The first kappa shape index (κ1) is 22.3. The van der Waals surface area contributed by atoms with Crippen LogP contribution in [0, 0.1) is 5.92 Å². The zero-order chi connectivity index (χ0) is 22.7. The molecule has 0 spiro atoms. The van der Waals surface area contributed by atoms with E-state index >= 15 is 0 Å². The third-order valence-electron chi connectivity index (χ3n) is 6.14. The van der Waals surface area contributed by atoms with E-state index in [4.69, 9.17) is 14.2 Å². The summed E-state index contributed by atoms with van der Waals surface area (Å²) in [5, 5.41) is 2.57. The molecule has 172 valence electrons. The third-order valence-corrected chi connectivity index (χ3v) is 6.14. The summed E-state index contributed by atoms with van der Waals surface area (Å²) in [6.07, 6.45) is 4.48. The highest BCUT2D eigenvalue weighted by Crippen LogP contribution is 2.38. The lowest BCUT2D eigenvalue weighted by molar-refractivity contribution is 0.231. The van der Waals surface area contributed by atoms with Crippen molar-refractivity contribution in [3.8, 4) is 17.2 Å². The molecule has 0 aliphatic carbocycles. The van der Waals surface area contributed by atoms with Gasteiger partial charge in [0.05, 0.1) is 21.3 Å². The van der Waals surface area contributed by atoms with Crippen LogP contribution in [-0.4, -0.2) is 63.5 Å². The van der Waals surface area contributed by atoms with Crippen LogP contribution < -0.4 is 19.1 Å². The molecule has 0 saturated carbocycles. The topological polar surface area (TPSA) is 39.1 Å². The molecular weight excluding hydrogens is 402 g/mol. The highest BCUT2D eigenvalue weighted by atomic mass is 16.5. The Morgan fingerprint density at radius 2 is 1.56 bits per heavy atom. The van der Waals surface area contributed by atoms with E-state index in [2.05, 4.69) is 58.8 Å². The summed E-state index contributed by atoms with van der Waals surface area (Å²) in [5.74, 6) is 2.70. The number of aromatic nitrogens is 1. The fraction of sp³-hybridized carbons (Fsp3) is 0.462. The Hall–Kier alpha value is -2.86. The van der Waals surface area contributed by atoms with Crippen LogP contribution in [-0.2, 0) is 6.54 Å². The van der Waals surface area contributed by atoms with E-state index in [9.17, 15) is 0 Å². The van der Waals surface area contributed by atoms with Crippen molar-refractivity contribution in [2.24, 2.45) is 5.92 Å². The maximum absolute atomic E-state index is 5.52. The molecule has 3 aromatic rings. The molecule has 2 heterocycles. The number of methoxy groups -OCH3 is 3. The van der Waals surface area contributed by atoms with Gasteiger partial charge < -0.3 is 23.7 Å². The minimum absolute atomic E-state index is 0.621. The summed E-state index contributed by atoms with van der Waals surface area (Å²) < 4.78 is 18.7. The van der Waals surface area contributed by atoms with Gasteiger partial charge in [0.2, 0.25) is 5.75 Å². The van der Waals surface area contributed by atoms with Crippen LogP contribution in [0.2, 0.25) is 0 Å². The molecule has 4 rings (SSSR count). The number of piperazine rings is 1. The van der Waals surface area contributed by atoms with Crippen LogP contribution in [0.15, 0.2) is 42.7 Å². The van der Waals surface area contributed by atoms with Crippen LogP contribution in [0.3, 0.4) is 0 Å². The predicted molar refractivity (Wildman–Crippen MR) is 131 cm³/mol. The van der Waals surface area contributed by atoms with E-state index < -0.39 is 0 Å². The van der Waals surface area contributed by atoms with E-state index in [0.29, 0.717) is 23.2 Å². The van der Waals surface area contributed by atoms with Gasteiger partial charge in [-0.2, -0.15) is 0 Å². The van der Waals surface area contributed by atoms with E-state index in [1.165, 1.54) is 23.0 Å². The molecule has 1 aromatic heterocycles. The summed E-state index contributed by atoms with van der Waals surface area (Å²) in [6, 6.07) is 10.6. The van der Waals surface area contributed by atoms with E-state index in [-0.39, 0.29) is 0 Å². The average molecular weight is 438 g/mol. The molecule has 2 aromatic carbocycles. The Morgan fingerprint density at radius 1 is 0.875 bits per heavy atom. The van der Waals surface area contributed by atoms with Crippen molar-refractivity contribution in [3.63, 3.8) is 0 Å². The zero-order valence-corrected chi connectivity index (χ0v) is 19.9. The van der Waals surface area contributed by atoms with Gasteiger partial charge in [-0.15, -0.1) is 0 Å². The third kappa shape index (κ3) is 4.65. The molecule has 0 radical (unpaired) electrons. The standard InChI is InChI=1S/C26H35N3O3/c1-19(2)15-27-9-11-29(12-10-27)23-8-6-7-21-17-28(18-22(21)23)16-20-13-24(30-3)26(32-5)25(14-20)31-4/h6-8,13-14,17-19H,9-12,15-16H2,1-5H3. The van der Waals surface area contributed by atoms with Crippen molar-refractivity contribution in [2.45, 2.75) is 20.4 Å². The molecule has 1 fully saturated rings. The van der Waals surface area contributed by atoms with Crippen LogP contribution in [0.1, 0.15) is 19.4 Å². The first-order valence-electron chi connectivity index (χ1n) is 11.4. The van der Waals surface area contributed by atoms with Gasteiger partial charge in [0.1, 0.15) is 0 Å². The maximum Gasteiger partial charge on any atom is 0.203 e. The molecule has 6 nitrogen and oxygen atoms in total. The Kier molecular flexibility index (Phi) is 6.80. The lowest BCUT2D eigenvalue weighted by Gasteiger charge is -2.37. The smallest absolute Gasteiger partial charge is 0.203 e. The molecular formula is C26H35N3O3. The van der Waals surface area contributed by atoms with E-state index in [1.54, 1.807) is 21.3 Å². The largest absolute Gasteiger partial charge is 0.493 e. The predicted octanol–water partition coefficient (Wildman–Crippen LogP) is 4.49. The first-order chi connectivity index (χ1) is 15.5. The number of rotatable bonds is 8. The van der Waals surface area contributed by atoms with Crippen molar-refractivity contribution < 1.29 is 14.2 Å². The van der Waals surface area contributed by atoms with Crippen LogP contribution in [0.5, 0.6) is 17.2 Å². The van der Waals surface area contributed by atoms with Crippen LogP contribution in [0.4, 0.5) is 5.69 Å². The van der Waals surface area contributed by atoms with Crippen LogP contribution >= 0.6 is 0 Å². The lowest BCUT2D eigenvalue weighted by Crippen LogP contribution is -2.47. The second-order valence-electron chi connectivity index (χ2n) is 8.93. The quantitative estimate of drug-likeness (QED) is 0.519. The van der Waals surface area contributed by atoms with Crippen molar-refractivity contribution in [1.29, 1.82) is 0 Å². The van der Waals surface area contributed by atoms with Gasteiger partial charge in [0, 0.05) is 68.1 Å². The van der Waals surface area contributed by atoms with Gasteiger partial charge in [-0.1, -0.05) is 26.0 Å². The van der Waals surface area contributed by atoms with Gasteiger partial charge >= 0.3 is 0 Å². The average Bonchev–Trinajstić information content (AvgIpc) is 3.21. The minimum Gasteiger partial charge on any atom is -0.493 e. The van der Waals surface area contributed by atoms with Gasteiger partial charge in [0.25, 0.3) is 0 Å². The summed E-state index contributed by atoms with van der Waals surface area (Å²) in [5.41, 5.74) is 2.43. The van der Waals surface area contributed by atoms with Crippen LogP contribution in [0.25, 0.3) is 10.8 Å². The molecule has 0 bridgehead atoms. The maximum atomic E-state index is 5.52. The monoisotopic (exact) mass is 437 g/mol. The van der Waals surface area contributed by atoms with Gasteiger partial charge in [-0.25, -0.2) is 0 Å². The molecule has 1 aliphatic heterocycles. The number of fused-ring (bicyclic) bond motifs is 1. The number of ether oxygens (including phenoxy) is 3. The van der Waals surface area contributed by atoms with E-state index in [1.807, 2.05) is 12.1 Å². The van der Waals surface area contributed by atoms with Gasteiger partial charge in [0.15, 0.2) is 11.5 Å². The number of anilines is 1. The molecule has 1 saturated heterocycles. The fourth-order valence-corrected chi connectivity index (χ4v) is 4.70. The SMILES string of the molecule is COc1cc(Cn2cc3cccc(N4CCN(CC(C)C)CC4)c3c2)cc(OC)c1OC. The summed E-state index contributed by atoms with van der Waals surface area (Å²) in [4.78, 5) is 5.11. The van der Waals surface area contributed by atoms with Crippen molar-refractivity contribution in [1.82, 2.24) is 9.47 Å². The highest BCUT2D eigenvalue weighted by Gasteiger charge is 2.20. The second kappa shape index (κ2) is 9.74. The Bertz CT molecular complexity index is 1030. The van der Waals surface area contributed by atoms with Crippen molar-refractivity contribution >= 4 is 16.5 Å². The lowest BCUT2D eigenvalue weighted by atomic mass is 10.1. The molecule has 32 heavy (non-hydrogen) atoms. The number of hydrogen-bond acceptors (Lipinski definition) is 5. The van der Waals surface area contributed by atoms with Gasteiger partial charge in [-0.05, 0) is 29.7 Å². The molecule has 6 heteroatoms. The minimum atomic E-state index is 0.621. The molecule has 0 unspecified atom stereocenters. The van der Waals surface area contributed by atoms with Crippen molar-refractivity contribution in [2.75, 3.05) is 59.0 Å². The van der Waals surface area contributed by atoms with E-state index in [0.717, 1.165) is 38.3 Å². The molecule has 0 atom stereocenters. The highest BCUT2D eigenvalue weighted by molar-refractivity contribution is 5.94. The first-order valence-corrected chi connectivity index (χ1v) is 11.4. The number of hydrogen-bond donors (Lipinski definition) is 0. The zero-order valence-electron chi connectivity index (χ0n) is 19.9. The molecule has 0 N–H and O–H groups in total. The number of nitrogens with zero attached hydrogens (tertiary/aromatic N) is 3. The van der Waals surface area contributed by atoms with Gasteiger partial charge in [-0.3, -0.25) is 4.90 Å². The number of benzene rings is 2. The molecule has 1 aliphatic rings. The Morgan fingerprint density at radius 3 is 2.16 bits per heavy atom. The Labute approximate surface area is 191 Å². The summed E-state index contributed by atoms with van der Waals surface area (Å²) >= 11 is 0.